The van der Waals surface area contributed by atoms with E-state index in [1.54, 1.807) is 11.3 Å². The number of nitrogens with one attached hydrogen (secondary N) is 1. The van der Waals surface area contributed by atoms with Gasteiger partial charge in [0.15, 0.2) is 0 Å². The van der Waals surface area contributed by atoms with Gasteiger partial charge in [-0.3, -0.25) is 4.90 Å². The van der Waals surface area contributed by atoms with E-state index in [9.17, 15) is 0 Å². The second-order valence-electron chi connectivity index (χ2n) is 10.1. The van der Waals surface area contributed by atoms with Gasteiger partial charge in [0, 0.05) is 35.5 Å². The van der Waals surface area contributed by atoms with Crippen molar-refractivity contribution in [1.82, 2.24) is 10.2 Å². The SMILES string of the molecule is CNC1(CC(Oc2ccccc2N2CCC(c3ccccc3)(N(C)C)CC2)c2cccs2)CC1. The molecule has 1 atom stereocenters. The zero-order chi connectivity index (χ0) is 23.6. The maximum absolute atomic E-state index is 6.82. The summed E-state index contributed by atoms with van der Waals surface area (Å²) in [4.78, 5) is 6.25. The Labute approximate surface area is 208 Å². The van der Waals surface area contributed by atoms with Gasteiger partial charge in [-0.05, 0) is 76.0 Å². The molecule has 2 aliphatic rings. The van der Waals surface area contributed by atoms with Crippen molar-refractivity contribution >= 4 is 17.0 Å². The van der Waals surface area contributed by atoms with Crippen molar-refractivity contribution in [2.75, 3.05) is 39.1 Å². The summed E-state index contributed by atoms with van der Waals surface area (Å²) < 4.78 is 6.82. The van der Waals surface area contributed by atoms with Gasteiger partial charge in [0.1, 0.15) is 11.9 Å². The van der Waals surface area contributed by atoms with E-state index in [0.717, 1.165) is 38.1 Å². The normalized spacial score (nSPS) is 19.7. The van der Waals surface area contributed by atoms with Crippen LogP contribution in [0.25, 0.3) is 0 Å². The first-order valence-corrected chi connectivity index (χ1v) is 13.4. The number of anilines is 1. The molecule has 1 N–H and O–H groups in total. The van der Waals surface area contributed by atoms with E-state index in [0.29, 0.717) is 0 Å². The molecule has 180 valence electrons. The molecule has 3 aromatic rings. The van der Waals surface area contributed by atoms with Crippen LogP contribution in [0.15, 0.2) is 72.1 Å². The highest BCUT2D eigenvalue weighted by atomic mass is 32.1. The lowest BCUT2D eigenvalue weighted by molar-refractivity contribution is 0.115. The molecule has 34 heavy (non-hydrogen) atoms. The zero-order valence-electron chi connectivity index (χ0n) is 20.7. The minimum Gasteiger partial charge on any atom is -0.483 e. The first kappa shape index (κ1) is 23.4. The van der Waals surface area contributed by atoms with Crippen LogP contribution in [0.1, 0.15) is 48.6 Å². The largest absolute Gasteiger partial charge is 0.483 e. The van der Waals surface area contributed by atoms with E-state index < -0.39 is 0 Å². The van der Waals surface area contributed by atoms with Crippen molar-refractivity contribution in [1.29, 1.82) is 0 Å². The minimum absolute atomic E-state index is 0.0751. The van der Waals surface area contributed by atoms with E-state index in [1.807, 2.05) is 0 Å². The summed E-state index contributed by atoms with van der Waals surface area (Å²) in [5, 5.41) is 5.71. The molecule has 1 unspecified atom stereocenters. The highest BCUT2D eigenvalue weighted by Crippen LogP contribution is 2.46. The molecule has 0 amide bonds. The average molecular weight is 476 g/mol. The molecule has 1 aliphatic heterocycles. The number of thiophene rings is 1. The van der Waals surface area contributed by atoms with Crippen molar-refractivity contribution in [2.24, 2.45) is 0 Å². The quantitative estimate of drug-likeness (QED) is 0.407. The van der Waals surface area contributed by atoms with Gasteiger partial charge in [-0.2, -0.15) is 0 Å². The molecule has 1 aromatic heterocycles. The molecule has 1 saturated heterocycles. The summed E-state index contributed by atoms with van der Waals surface area (Å²) in [6, 6.07) is 24.0. The lowest BCUT2D eigenvalue weighted by Gasteiger charge is -2.47. The highest BCUT2D eigenvalue weighted by Gasteiger charge is 2.44. The highest BCUT2D eigenvalue weighted by molar-refractivity contribution is 7.10. The fourth-order valence-corrected chi connectivity index (χ4v) is 6.32. The van der Waals surface area contributed by atoms with Gasteiger partial charge in [-0.15, -0.1) is 11.3 Å². The maximum Gasteiger partial charge on any atom is 0.143 e. The minimum atomic E-state index is 0.0751. The van der Waals surface area contributed by atoms with Crippen molar-refractivity contribution in [3.63, 3.8) is 0 Å². The van der Waals surface area contributed by atoms with Crippen LogP contribution in [0.2, 0.25) is 0 Å². The van der Waals surface area contributed by atoms with Gasteiger partial charge in [0.2, 0.25) is 0 Å². The number of benzene rings is 2. The van der Waals surface area contributed by atoms with E-state index in [4.69, 9.17) is 4.74 Å². The number of para-hydroxylation sites is 2. The molecule has 4 nitrogen and oxygen atoms in total. The molecule has 0 radical (unpaired) electrons. The van der Waals surface area contributed by atoms with Gasteiger partial charge in [-0.25, -0.2) is 0 Å². The Bertz CT molecular complexity index is 1050. The molecule has 1 saturated carbocycles. The monoisotopic (exact) mass is 475 g/mol. The average Bonchev–Trinajstić information content (AvgIpc) is 3.43. The fraction of sp³-hybridized carbons (Fsp3) is 0.448. The second-order valence-corrected chi connectivity index (χ2v) is 11.1. The Morgan fingerprint density at radius 2 is 1.65 bits per heavy atom. The van der Waals surface area contributed by atoms with Crippen LogP contribution in [0, 0.1) is 0 Å². The first-order chi connectivity index (χ1) is 16.6. The van der Waals surface area contributed by atoms with Gasteiger partial charge in [-0.1, -0.05) is 48.5 Å². The molecule has 2 aromatic carbocycles. The van der Waals surface area contributed by atoms with Gasteiger partial charge >= 0.3 is 0 Å². The Morgan fingerprint density at radius 1 is 0.941 bits per heavy atom. The molecular weight excluding hydrogens is 438 g/mol. The Kier molecular flexibility index (Phi) is 6.70. The maximum atomic E-state index is 6.82. The molecule has 0 spiro atoms. The zero-order valence-corrected chi connectivity index (χ0v) is 21.5. The number of rotatable bonds is 9. The van der Waals surface area contributed by atoms with Crippen molar-refractivity contribution < 1.29 is 4.74 Å². The smallest absolute Gasteiger partial charge is 0.143 e. The van der Waals surface area contributed by atoms with Gasteiger partial charge in [0.25, 0.3) is 0 Å². The second kappa shape index (κ2) is 9.73. The number of piperidine rings is 1. The number of nitrogens with zero attached hydrogens (tertiary/aromatic N) is 2. The van der Waals surface area contributed by atoms with Gasteiger partial charge < -0.3 is 15.0 Å². The van der Waals surface area contributed by atoms with Crippen LogP contribution in [-0.2, 0) is 5.54 Å². The summed E-state index contributed by atoms with van der Waals surface area (Å²) >= 11 is 1.80. The van der Waals surface area contributed by atoms with Crippen LogP contribution in [0.4, 0.5) is 5.69 Å². The summed E-state index contributed by atoms with van der Waals surface area (Å²) in [5.41, 5.74) is 2.95. The third-order valence-electron chi connectivity index (χ3n) is 8.05. The predicted molar refractivity (Wildman–Crippen MR) is 143 cm³/mol. The molecule has 0 bridgehead atoms. The molecular formula is C29H37N3OS. The Hall–Kier alpha value is -2.34. The van der Waals surface area contributed by atoms with Crippen molar-refractivity contribution in [2.45, 2.75) is 49.3 Å². The number of ether oxygens (including phenoxy) is 1. The summed E-state index contributed by atoms with van der Waals surface area (Å²) in [7, 11) is 6.53. The Morgan fingerprint density at radius 3 is 2.26 bits per heavy atom. The van der Waals surface area contributed by atoms with Crippen LogP contribution >= 0.6 is 11.3 Å². The summed E-state index contributed by atoms with van der Waals surface area (Å²) in [6.45, 7) is 2.02. The lowest BCUT2D eigenvalue weighted by atomic mass is 9.79. The Balaban J connectivity index is 1.36. The van der Waals surface area contributed by atoms with E-state index in [1.165, 1.54) is 29.0 Å². The predicted octanol–water partition coefficient (Wildman–Crippen LogP) is 6.07. The standard InChI is InChI=1S/C29H37N3OS/c1-30-28(15-16-28)22-26(27-14-9-21-34-27)33-25-13-8-7-12-24(25)32-19-17-29(18-20-32,31(2)3)23-10-5-4-6-11-23/h4-14,21,26,30H,15-20,22H2,1-3H3. The van der Waals surface area contributed by atoms with E-state index >= 15 is 0 Å². The lowest BCUT2D eigenvalue weighted by Crippen LogP contribution is -2.50. The van der Waals surface area contributed by atoms with Crippen LogP contribution < -0.4 is 15.0 Å². The third kappa shape index (κ3) is 4.61. The number of hydrogen-bond acceptors (Lipinski definition) is 5. The van der Waals surface area contributed by atoms with Gasteiger partial charge in [0.05, 0.1) is 5.69 Å². The molecule has 2 fully saturated rings. The molecule has 5 heteroatoms. The summed E-state index contributed by atoms with van der Waals surface area (Å²) in [5.74, 6) is 1.00. The van der Waals surface area contributed by atoms with Crippen molar-refractivity contribution in [3.8, 4) is 5.75 Å². The molecule has 1 aliphatic carbocycles. The summed E-state index contributed by atoms with van der Waals surface area (Å²) in [6.07, 6.45) is 5.73. The van der Waals surface area contributed by atoms with Crippen LogP contribution in [0.3, 0.4) is 0 Å². The molecule has 2 heterocycles. The topological polar surface area (TPSA) is 27.7 Å². The van der Waals surface area contributed by atoms with Crippen molar-refractivity contribution in [3.05, 3.63) is 82.6 Å². The van der Waals surface area contributed by atoms with E-state index in [2.05, 4.69) is 108 Å². The third-order valence-corrected chi connectivity index (χ3v) is 9.02. The number of hydrogen-bond donors (Lipinski definition) is 1. The van der Waals surface area contributed by atoms with Crippen LogP contribution in [0.5, 0.6) is 5.75 Å². The van der Waals surface area contributed by atoms with E-state index in [-0.39, 0.29) is 17.2 Å². The fourth-order valence-electron chi connectivity index (χ4n) is 5.57. The molecule has 5 rings (SSSR count). The first-order valence-electron chi connectivity index (χ1n) is 12.5. The van der Waals surface area contributed by atoms with Crippen LogP contribution in [-0.4, -0.2) is 44.7 Å².